The van der Waals surface area contributed by atoms with Gasteiger partial charge in [-0.15, -0.1) is 0 Å². The Labute approximate surface area is 117 Å². The normalized spacial score (nSPS) is 27.9. The van der Waals surface area contributed by atoms with Crippen LogP contribution in [0.1, 0.15) is 51.2 Å². The summed E-state index contributed by atoms with van der Waals surface area (Å²) in [6.07, 6.45) is 9.54. The third-order valence-corrected chi connectivity index (χ3v) is 4.90. The van der Waals surface area contributed by atoms with Gasteiger partial charge in [0.05, 0.1) is 12.8 Å². The van der Waals surface area contributed by atoms with Crippen molar-refractivity contribution in [3.8, 4) is 0 Å². The lowest BCUT2D eigenvalue weighted by molar-refractivity contribution is 0.0519. The maximum absolute atomic E-state index is 6.12. The van der Waals surface area contributed by atoms with Crippen LogP contribution in [0.4, 0.5) is 0 Å². The molecule has 1 aromatic heterocycles. The van der Waals surface area contributed by atoms with E-state index in [1.165, 1.54) is 38.5 Å². The van der Waals surface area contributed by atoms with Crippen molar-refractivity contribution in [1.29, 1.82) is 0 Å². The van der Waals surface area contributed by atoms with Crippen LogP contribution in [0.25, 0.3) is 0 Å². The Kier molecular flexibility index (Phi) is 5.06. The average molecular weight is 264 g/mol. The molecule has 0 radical (unpaired) electrons. The molecule has 0 spiro atoms. The first-order valence-electron chi connectivity index (χ1n) is 7.64. The molecule has 0 amide bonds. The number of furan rings is 1. The van der Waals surface area contributed by atoms with Crippen molar-refractivity contribution >= 4 is 0 Å². The minimum Gasteiger partial charge on any atom is -0.468 e. The zero-order chi connectivity index (χ0) is 13.7. The van der Waals surface area contributed by atoms with Crippen LogP contribution in [0.5, 0.6) is 0 Å². The Bertz CT molecular complexity index is 353. The van der Waals surface area contributed by atoms with Crippen molar-refractivity contribution in [3.05, 3.63) is 24.2 Å². The van der Waals surface area contributed by atoms with Gasteiger partial charge in [0.1, 0.15) is 5.76 Å². The van der Waals surface area contributed by atoms with Gasteiger partial charge in [0.15, 0.2) is 0 Å². The molecule has 2 rings (SSSR count). The third kappa shape index (κ3) is 3.40. The minimum absolute atomic E-state index is 0.178. The van der Waals surface area contributed by atoms with E-state index in [-0.39, 0.29) is 5.54 Å². The molecule has 0 saturated heterocycles. The molecule has 2 N–H and O–H groups in total. The number of nitrogens with zero attached hydrogens (tertiary/aromatic N) is 1. The van der Waals surface area contributed by atoms with Crippen LogP contribution in [0, 0.1) is 5.92 Å². The van der Waals surface area contributed by atoms with E-state index < -0.39 is 0 Å². The Balaban J connectivity index is 1.95. The topological polar surface area (TPSA) is 42.4 Å². The van der Waals surface area contributed by atoms with Crippen LogP contribution >= 0.6 is 0 Å². The molecular weight excluding hydrogens is 236 g/mol. The number of nitrogens with two attached hydrogens (primary N) is 1. The highest BCUT2D eigenvalue weighted by Gasteiger charge is 2.37. The van der Waals surface area contributed by atoms with E-state index in [1.807, 2.05) is 12.1 Å². The number of rotatable bonds is 6. The van der Waals surface area contributed by atoms with E-state index in [0.717, 1.165) is 24.8 Å². The fourth-order valence-corrected chi connectivity index (χ4v) is 3.46. The summed E-state index contributed by atoms with van der Waals surface area (Å²) >= 11 is 0. The quantitative estimate of drug-likeness (QED) is 0.856. The molecule has 0 aromatic carbocycles. The molecule has 0 aliphatic heterocycles. The van der Waals surface area contributed by atoms with Crippen molar-refractivity contribution in [2.45, 2.75) is 57.5 Å². The second-order valence-corrected chi connectivity index (χ2v) is 6.10. The van der Waals surface area contributed by atoms with E-state index in [2.05, 4.69) is 18.9 Å². The first-order valence-corrected chi connectivity index (χ1v) is 7.64. The van der Waals surface area contributed by atoms with Gasteiger partial charge in [0.25, 0.3) is 0 Å². The molecule has 1 fully saturated rings. The molecule has 3 heteroatoms. The van der Waals surface area contributed by atoms with E-state index >= 15 is 0 Å². The predicted octanol–water partition coefficient (Wildman–Crippen LogP) is 3.40. The molecule has 108 valence electrons. The van der Waals surface area contributed by atoms with Gasteiger partial charge in [0, 0.05) is 12.1 Å². The highest BCUT2D eigenvalue weighted by molar-refractivity contribution is 5.01. The summed E-state index contributed by atoms with van der Waals surface area (Å²) in [6, 6.07) is 4.00. The number of hydrogen-bond acceptors (Lipinski definition) is 3. The molecule has 1 aliphatic carbocycles. The van der Waals surface area contributed by atoms with Gasteiger partial charge in [-0.25, -0.2) is 0 Å². The molecular formula is C16H28N2O. The second kappa shape index (κ2) is 6.58. The van der Waals surface area contributed by atoms with Gasteiger partial charge >= 0.3 is 0 Å². The lowest BCUT2D eigenvalue weighted by atomic mass is 9.74. The average Bonchev–Trinajstić information content (AvgIpc) is 2.93. The predicted molar refractivity (Wildman–Crippen MR) is 78.8 cm³/mol. The van der Waals surface area contributed by atoms with Gasteiger partial charge < -0.3 is 10.2 Å². The standard InChI is InChI=1S/C16H28N2O/c1-3-5-14-7-9-16(13-17,10-8-14)18(2)12-15-6-4-11-19-15/h4,6,11,14H,3,5,7-10,12-13,17H2,1-2H3. The smallest absolute Gasteiger partial charge is 0.117 e. The molecule has 0 atom stereocenters. The van der Waals surface area contributed by atoms with E-state index in [9.17, 15) is 0 Å². The molecule has 1 aliphatic rings. The Morgan fingerprint density at radius 2 is 2.16 bits per heavy atom. The van der Waals surface area contributed by atoms with Gasteiger partial charge in [-0.3, -0.25) is 4.90 Å². The van der Waals surface area contributed by atoms with E-state index in [4.69, 9.17) is 10.2 Å². The number of likely N-dealkylation sites (N-methyl/N-ethyl adjacent to an activating group) is 1. The summed E-state index contributed by atoms with van der Waals surface area (Å²) in [5.74, 6) is 1.95. The minimum atomic E-state index is 0.178. The van der Waals surface area contributed by atoms with Crippen LogP contribution in [-0.4, -0.2) is 24.0 Å². The summed E-state index contributed by atoms with van der Waals surface area (Å²) in [5, 5.41) is 0. The van der Waals surface area contributed by atoms with Crippen molar-refractivity contribution in [2.75, 3.05) is 13.6 Å². The maximum Gasteiger partial charge on any atom is 0.117 e. The first kappa shape index (κ1) is 14.6. The van der Waals surface area contributed by atoms with Gasteiger partial charge in [0.2, 0.25) is 0 Å². The Morgan fingerprint density at radius 1 is 1.42 bits per heavy atom. The van der Waals surface area contributed by atoms with Crippen LogP contribution in [0.2, 0.25) is 0 Å². The summed E-state index contributed by atoms with van der Waals surface area (Å²) in [5.41, 5.74) is 6.29. The van der Waals surface area contributed by atoms with Crippen molar-refractivity contribution in [3.63, 3.8) is 0 Å². The molecule has 0 bridgehead atoms. The Hall–Kier alpha value is -0.800. The van der Waals surface area contributed by atoms with Gasteiger partial charge in [-0.2, -0.15) is 0 Å². The van der Waals surface area contributed by atoms with Crippen molar-refractivity contribution in [2.24, 2.45) is 11.7 Å². The lowest BCUT2D eigenvalue weighted by Crippen LogP contribution is -2.53. The van der Waals surface area contributed by atoms with Crippen LogP contribution in [0.3, 0.4) is 0 Å². The monoisotopic (exact) mass is 264 g/mol. The molecule has 0 unspecified atom stereocenters. The fourth-order valence-electron chi connectivity index (χ4n) is 3.46. The van der Waals surface area contributed by atoms with Crippen molar-refractivity contribution in [1.82, 2.24) is 4.90 Å². The maximum atomic E-state index is 6.12. The summed E-state index contributed by atoms with van der Waals surface area (Å²) < 4.78 is 5.46. The molecule has 3 nitrogen and oxygen atoms in total. The highest BCUT2D eigenvalue weighted by Crippen LogP contribution is 2.37. The summed E-state index contributed by atoms with van der Waals surface area (Å²) in [7, 11) is 2.19. The number of hydrogen-bond donors (Lipinski definition) is 1. The largest absolute Gasteiger partial charge is 0.468 e. The molecule has 1 heterocycles. The van der Waals surface area contributed by atoms with Gasteiger partial charge in [-0.1, -0.05) is 19.8 Å². The van der Waals surface area contributed by atoms with Crippen molar-refractivity contribution < 1.29 is 4.42 Å². The highest BCUT2D eigenvalue weighted by atomic mass is 16.3. The lowest BCUT2D eigenvalue weighted by Gasteiger charge is -2.45. The Morgan fingerprint density at radius 3 is 2.68 bits per heavy atom. The van der Waals surface area contributed by atoms with E-state index in [0.29, 0.717) is 0 Å². The van der Waals surface area contributed by atoms with Crippen LogP contribution < -0.4 is 5.73 Å². The van der Waals surface area contributed by atoms with Gasteiger partial charge in [-0.05, 0) is 50.8 Å². The molecule has 1 aromatic rings. The van der Waals surface area contributed by atoms with Crippen LogP contribution in [0.15, 0.2) is 22.8 Å². The zero-order valence-electron chi connectivity index (χ0n) is 12.4. The SMILES string of the molecule is CCCC1CCC(CN)(N(C)Cc2ccco2)CC1. The van der Waals surface area contributed by atoms with E-state index in [1.54, 1.807) is 6.26 Å². The first-order chi connectivity index (χ1) is 9.20. The zero-order valence-corrected chi connectivity index (χ0v) is 12.4. The molecule has 1 saturated carbocycles. The summed E-state index contributed by atoms with van der Waals surface area (Å²) in [4.78, 5) is 2.41. The second-order valence-electron chi connectivity index (χ2n) is 6.10. The third-order valence-electron chi connectivity index (χ3n) is 4.90. The fraction of sp³-hybridized carbons (Fsp3) is 0.750. The van der Waals surface area contributed by atoms with Crippen LogP contribution in [-0.2, 0) is 6.54 Å². The molecule has 19 heavy (non-hydrogen) atoms. The summed E-state index contributed by atoms with van der Waals surface area (Å²) in [6.45, 7) is 3.90.